The van der Waals surface area contributed by atoms with Gasteiger partial charge in [0, 0.05) is 33.3 Å². The van der Waals surface area contributed by atoms with E-state index in [9.17, 15) is 0 Å². The molecule has 3 rings (SSSR count). The fourth-order valence-electron chi connectivity index (χ4n) is 3.62. The fraction of sp³-hybridized carbons (Fsp3) is 0.455. The van der Waals surface area contributed by atoms with Crippen LogP contribution in [-0.4, -0.2) is 36.8 Å². The molecule has 0 aromatic heterocycles. The maximum absolute atomic E-state index is 5.36. The lowest BCUT2D eigenvalue weighted by Crippen LogP contribution is -2.46. The Balaban J connectivity index is 1.69. The summed E-state index contributed by atoms with van der Waals surface area (Å²) < 4.78 is 5.36. The Morgan fingerprint density at radius 1 is 0.880 bits per heavy atom. The van der Waals surface area contributed by atoms with Crippen LogP contribution < -0.4 is 0 Å². The highest BCUT2D eigenvalue weighted by atomic mass is 16.5. The summed E-state index contributed by atoms with van der Waals surface area (Å²) in [6, 6.07) is 19.5. The van der Waals surface area contributed by atoms with Crippen molar-refractivity contribution in [2.24, 2.45) is 0 Å². The molecule has 134 valence electrons. The molecule has 3 heteroatoms. The Morgan fingerprint density at radius 2 is 1.56 bits per heavy atom. The monoisotopic (exact) mass is 338 g/mol. The van der Waals surface area contributed by atoms with Gasteiger partial charge in [0.1, 0.15) is 0 Å². The predicted octanol–water partition coefficient (Wildman–Crippen LogP) is 4.28. The Hall–Kier alpha value is -1.68. The zero-order chi connectivity index (χ0) is 17.3. The second-order valence-corrected chi connectivity index (χ2v) is 6.84. The van der Waals surface area contributed by atoms with E-state index < -0.39 is 0 Å². The first kappa shape index (κ1) is 18.1. The summed E-state index contributed by atoms with van der Waals surface area (Å²) in [5.74, 6) is 0. The van der Waals surface area contributed by atoms with Crippen molar-refractivity contribution in [1.29, 1.82) is 0 Å². The van der Waals surface area contributed by atoms with Gasteiger partial charge in [0.05, 0.1) is 6.61 Å². The van der Waals surface area contributed by atoms with Gasteiger partial charge in [-0.3, -0.25) is 0 Å². The summed E-state index contributed by atoms with van der Waals surface area (Å²) in [4.78, 5) is 0. The van der Waals surface area contributed by atoms with Crippen LogP contribution in [0.5, 0.6) is 0 Å². The van der Waals surface area contributed by atoms with Crippen molar-refractivity contribution in [1.82, 2.24) is 10.0 Å². The SMILES string of the molecule is COCc1ccccc1CCN(Cc1ccccc1)N1CCCCC1. The van der Waals surface area contributed by atoms with Crippen molar-refractivity contribution < 1.29 is 4.74 Å². The highest BCUT2D eigenvalue weighted by molar-refractivity contribution is 5.26. The molecular weight excluding hydrogens is 308 g/mol. The van der Waals surface area contributed by atoms with Gasteiger partial charge in [0.15, 0.2) is 0 Å². The maximum Gasteiger partial charge on any atom is 0.0715 e. The van der Waals surface area contributed by atoms with Crippen molar-refractivity contribution in [2.45, 2.75) is 38.8 Å². The Kier molecular flexibility index (Phi) is 7.04. The standard InChI is InChI=1S/C22H30N2O/c1-25-19-22-13-7-6-12-21(22)14-17-24(23-15-8-3-9-16-23)18-20-10-4-2-5-11-20/h2,4-7,10-13H,3,8-9,14-19H2,1H3. The van der Waals surface area contributed by atoms with Gasteiger partial charge in [-0.15, -0.1) is 0 Å². The van der Waals surface area contributed by atoms with E-state index >= 15 is 0 Å². The zero-order valence-electron chi connectivity index (χ0n) is 15.4. The molecule has 1 aliphatic heterocycles. The van der Waals surface area contributed by atoms with Gasteiger partial charge in [-0.1, -0.05) is 61.0 Å². The Morgan fingerprint density at radius 3 is 2.28 bits per heavy atom. The van der Waals surface area contributed by atoms with Crippen molar-refractivity contribution in [3.8, 4) is 0 Å². The zero-order valence-corrected chi connectivity index (χ0v) is 15.4. The summed E-state index contributed by atoms with van der Waals surface area (Å²) in [5.41, 5.74) is 4.10. The van der Waals surface area contributed by atoms with E-state index in [0.717, 1.165) is 19.5 Å². The lowest BCUT2D eigenvalue weighted by atomic mass is 10.0. The molecule has 0 unspecified atom stereocenters. The van der Waals surface area contributed by atoms with Crippen LogP contribution in [0.1, 0.15) is 36.0 Å². The van der Waals surface area contributed by atoms with Crippen LogP contribution in [-0.2, 0) is 24.3 Å². The minimum atomic E-state index is 0.693. The third kappa shape index (κ3) is 5.40. The van der Waals surface area contributed by atoms with Gasteiger partial charge in [-0.2, -0.15) is 0 Å². The molecule has 1 saturated heterocycles. The normalized spacial score (nSPS) is 15.6. The van der Waals surface area contributed by atoms with Crippen LogP contribution in [0, 0.1) is 0 Å². The lowest BCUT2D eigenvalue weighted by molar-refractivity contribution is -0.0461. The first-order chi connectivity index (χ1) is 12.4. The molecule has 3 nitrogen and oxygen atoms in total. The van der Waals surface area contributed by atoms with Crippen molar-refractivity contribution in [2.75, 3.05) is 26.7 Å². The number of hydrogen-bond donors (Lipinski definition) is 0. The molecule has 2 aromatic rings. The van der Waals surface area contributed by atoms with Crippen LogP contribution in [0.25, 0.3) is 0 Å². The minimum absolute atomic E-state index is 0.693. The van der Waals surface area contributed by atoms with Crippen LogP contribution in [0.3, 0.4) is 0 Å². The van der Waals surface area contributed by atoms with Crippen LogP contribution >= 0.6 is 0 Å². The van der Waals surface area contributed by atoms with Crippen LogP contribution in [0.4, 0.5) is 0 Å². The quantitative estimate of drug-likeness (QED) is 0.714. The number of rotatable bonds is 8. The number of ether oxygens (including phenoxy) is 1. The second kappa shape index (κ2) is 9.71. The molecule has 0 atom stereocenters. The minimum Gasteiger partial charge on any atom is -0.380 e. The van der Waals surface area contributed by atoms with E-state index in [4.69, 9.17) is 4.74 Å². The van der Waals surface area contributed by atoms with Crippen LogP contribution in [0.2, 0.25) is 0 Å². The first-order valence-electron chi connectivity index (χ1n) is 9.46. The molecular formula is C22H30N2O. The second-order valence-electron chi connectivity index (χ2n) is 6.84. The van der Waals surface area contributed by atoms with Crippen LogP contribution in [0.15, 0.2) is 54.6 Å². The summed E-state index contributed by atoms with van der Waals surface area (Å²) >= 11 is 0. The van der Waals surface area contributed by atoms with E-state index in [-0.39, 0.29) is 0 Å². The van der Waals surface area contributed by atoms with E-state index in [1.807, 2.05) is 0 Å². The van der Waals surface area contributed by atoms with Gasteiger partial charge < -0.3 is 4.74 Å². The van der Waals surface area contributed by atoms with Gasteiger partial charge in [0.2, 0.25) is 0 Å². The molecule has 0 spiro atoms. The molecule has 0 radical (unpaired) electrons. The fourth-order valence-corrected chi connectivity index (χ4v) is 3.62. The topological polar surface area (TPSA) is 15.7 Å². The molecule has 1 fully saturated rings. The summed E-state index contributed by atoms with van der Waals surface area (Å²) in [7, 11) is 1.77. The number of piperidine rings is 1. The molecule has 0 bridgehead atoms. The number of hydrogen-bond acceptors (Lipinski definition) is 3. The molecule has 0 amide bonds. The van der Waals surface area contributed by atoms with Gasteiger partial charge in [-0.25, -0.2) is 10.0 Å². The smallest absolute Gasteiger partial charge is 0.0715 e. The van der Waals surface area contributed by atoms with Gasteiger partial charge in [0.25, 0.3) is 0 Å². The number of hydrazine groups is 1. The highest BCUT2D eigenvalue weighted by Gasteiger charge is 2.18. The summed E-state index contributed by atoms with van der Waals surface area (Å²) in [6.07, 6.45) is 5.05. The molecule has 0 saturated carbocycles. The molecule has 25 heavy (non-hydrogen) atoms. The molecule has 1 aliphatic rings. The average Bonchev–Trinajstić information content (AvgIpc) is 2.68. The Bertz CT molecular complexity index is 623. The number of methoxy groups -OCH3 is 1. The molecule has 2 aromatic carbocycles. The summed E-state index contributed by atoms with van der Waals surface area (Å²) in [6.45, 7) is 5.11. The maximum atomic E-state index is 5.36. The molecule has 0 N–H and O–H groups in total. The van der Waals surface area contributed by atoms with Gasteiger partial charge in [-0.05, 0) is 36.0 Å². The Labute approximate surface area is 152 Å². The lowest BCUT2D eigenvalue weighted by Gasteiger charge is -2.38. The van der Waals surface area contributed by atoms with Crippen molar-refractivity contribution in [3.05, 3.63) is 71.3 Å². The molecule has 0 aliphatic carbocycles. The summed E-state index contributed by atoms with van der Waals surface area (Å²) in [5, 5.41) is 5.12. The van der Waals surface area contributed by atoms with Crippen molar-refractivity contribution in [3.63, 3.8) is 0 Å². The third-order valence-electron chi connectivity index (χ3n) is 5.00. The van der Waals surface area contributed by atoms with Gasteiger partial charge >= 0.3 is 0 Å². The average molecular weight is 338 g/mol. The van der Waals surface area contributed by atoms with Crippen molar-refractivity contribution >= 4 is 0 Å². The van der Waals surface area contributed by atoms with E-state index in [0.29, 0.717) is 6.61 Å². The number of benzene rings is 2. The van der Waals surface area contributed by atoms with E-state index in [2.05, 4.69) is 64.6 Å². The largest absolute Gasteiger partial charge is 0.380 e. The van der Waals surface area contributed by atoms with E-state index in [1.54, 1.807) is 7.11 Å². The van der Waals surface area contributed by atoms with E-state index in [1.165, 1.54) is 49.0 Å². The number of nitrogens with zero attached hydrogens (tertiary/aromatic N) is 2. The highest BCUT2D eigenvalue weighted by Crippen LogP contribution is 2.17. The first-order valence-corrected chi connectivity index (χ1v) is 9.46. The predicted molar refractivity (Wildman–Crippen MR) is 103 cm³/mol. The third-order valence-corrected chi connectivity index (χ3v) is 5.00. The molecule has 1 heterocycles.